The number of rotatable bonds is 6. The highest BCUT2D eigenvalue weighted by Gasteiger charge is 2.28. The summed E-state index contributed by atoms with van der Waals surface area (Å²) in [6.45, 7) is 6.52. The summed E-state index contributed by atoms with van der Waals surface area (Å²) in [6.07, 6.45) is 5.21. The summed E-state index contributed by atoms with van der Waals surface area (Å²) in [5.74, 6) is 1.48. The van der Waals surface area contributed by atoms with E-state index in [9.17, 15) is 9.59 Å². The molecule has 1 saturated carbocycles. The van der Waals surface area contributed by atoms with E-state index in [1.54, 1.807) is 0 Å². The molecule has 0 saturated heterocycles. The summed E-state index contributed by atoms with van der Waals surface area (Å²) in [5.41, 5.74) is 0.634. The van der Waals surface area contributed by atoms with Crippen LogP contribution in [0.15, 0.2) is 16.0 Å². The lowest BCUT2D eigenvalue weighted by atomic mass is 9.78. The molecule has 1 aromatic heterocycles. The fourth-order valence-corrected chi connectivity index (χ4v) is 3.81. The lowest BCUT2D eigenvalue weighted by Crippen LogP contribution is -2.44. The molecule has 1 aromatic rings. The molecule has 0 radical (unpaired) electrons. The molecule has 128 valence electrons. The summed E-state index contributed by atoms with van der Waals surface area (Å²) >= 11 is 1.29. The first-order chi connectivity index (χ1) is 11.0. The summed E-state index contributed by atoms with van der Waals surface area (Å²) < 4.78 is 0. The molecule has 0 spiro atoms. The van der Waals surface area contributed by atoms with Gasteiger partial charge in [-0.05, 0) is 24.7 Å². The van der Waals surface area contributed by atoms with Crippen LogP contribution in [0.4, 0.5) is 0 Å². The topological polar surface area (TPSA) is 74.8 Å². The van der Waals surface area contributed by atoms with Crippen molar-refractivity contribution < 1.29 is 4.79 Å². The Labute approximate surface area is 142 Å². The predicted molar refractivity (Wildman–Crippen MR) is 93.7 cm³/mol. The quantitative estimate of drug-likeness (QED) is 0.618. The fraction of sp³-hybridized carbons (Fsp3) is 0.706. The van der Waals surface area contributed by atoms with Crippen LogP contribution in [0.25, 0.3) is 0 Å². The maximum atomic E-state index is 12.2. The minimum absolute atomic E-state index is 0.0180. The molecular formula is C17H27N3O2S. The Bertz CT molecular complexity index is 587. The van der Waals surface area contributed by atoms with Gasteiger partial charge in [0.05, 0.1) is 5.75 Å². The average molecular weight is 337 g/mol. The van der Waals surface area contributed by atoms with Gasteiger partial charge in [-0.3, -0.25) is 9.59 Å². The molecule has 23 heavy (non-hydrogen) atoms. The minimum atomic E-state index is -0.152. The SMILES string of the molecule is CCCc1cc(=O)[nH]c(SCC(=O)NC2CCCC(C)C2C)n1. The van der Waals surface area contributed by atoms with Crippen molar-refractivity contribution in [3.05, 3.63) is 22.1 Å². The first-order valence-electron chi connectivity index (χ1n) is 8.52. The van der Waals surface area contributed by atoms with Crippen molar-refractivity contribution in [1.82, 2.24) is 15.3 Å². The Morgan fingerprint density at radius 3 is 2.96 bits per heavy atom. The van der Waals surface area contributed by atoms with Gasteiger partial charge in [0, 0.05) is 17.8 Å². The van der Waals surface area contributed by atoms with Crippen molar-refractivity contribution in [1.29, 1.82) is 0 Å². The number of hydrogen-bond acceptors (Lipinski definition) is 4. The van der Waals surface area contributed by atoms with Crippen LogP contribution in [0.2, 0.25) is 0 Å². The smallest absolute Gasteiger partial charge is 0.251 e. The molecule has 1 aliphatic rings. The highest BCUT2D eigenvalue weighted by atomic mass is 32.2. The number of carbonyl (C=O) groups is 1. The van der Waals surface area contributed by atoms with Crippen LogP contribution >= 0.6 is 11.8 Å². The van der Waals surface area contributed by atoms with Gasteiger partial charge in [-0.2, -0.15) is 0 Å². The highest BCUT2D eigenvalue weighted by Crippen LogP contribution is 2.29. The normalized spacial score (nSPS) is 24.4. The van der Waals surface area contributed by atoms with Gasteiger partial charge < -0.3 is 10.3 Å². The van der Waals surface area contributed by atoms with Gasteiger partial charge >= 0.3 is 0 Å². The van der Waals surface area contributed by atoms with Crippen molar-refractivity contribution >= 4 is 17.7 Å². The van der Waals surface area contributed by atoms with Gasteiger partial charge in [-0.1, -0.05) is 51.8 Å². The van der Waals surface area contributed by atoms with Crippen LogP contribution in [-0.4, -0.2) is 27.7 Å². The third kappa shape index (κ3) is 5.37. The zero-order valence-electron chi connectivity index (χ0n) is 14.2. The van der Waals surface area contributed by atoms with Gasteiger partial charge in [0.25, 0.3) is 5.56 Å². The van der Waals surface area contributed by atoms with Crippen LogP contribution in [-0.2, 0) is 11.2 Å². The molecule has 0 aromatic carbocycles. The Morgan fingerprint density at radius 1 is 1.43 bits per heavy atom. The summed E-state index contributed by atoms with van der Waals surface area (Å²) in [6, 6.07) is 1.80. The zero-order chi connectivity index (χ0) is 16.8. The number of nitrogens with one attached hydrogen (secondary N) is 2. The highest BCUT2D eigenvalue weighted by molar-refractivity contribution is 7.99. The minimum Gasteiger partial charge on any atom is -0.352 e. The number of aryl methyl sites for hydroxylation is 1. The van der Waals surface area contributed by atoms with E-state index in [0.717, 1.165) is 25.0 Å². The van der Waals surface area contributed by atoms with E-state index in [0.29, 0.717) is 17.0 Å². The Kier molecular flexibility index (Phi) is 6.69. The third-order valence-corrected chi connectivity index (χ3v) is 5.55. The van der Waals surface area contributed by atoms with E-state index in [1.807, 2.05) is 0 Å². The standard InChI is InChI=1S/C17H27N3O2S/c1-4-6-13-9-15(21)20-17(18-13)23-10-16(22)19-14-8-5-7-11(2)12(14)3/h9,11-12,14H,4-8,10H2,1-3H3,(H,19,22)(H,18,20,21). The number of thioether (sulfide) groups is 1. The second-order valence-corrected chi connectivity index (χ2v) is 7.49. The summed E-state index contributed by atoms with van der Waals surface area (Å²) in [5, 5.41) is 3.67. The molecule has 3 atom stereocenters. The molecule has 1 amide bonds. The van der Waals surface area contributed by atoms with Gasteiger partial charge in [0.2, 0.25) is 5.91 Å². The van der Waals surface area contributed by atoms with Gasteiger partial charge in [0.15, 0.2) is 5.16 Å². The van der Waals surface area contributed by atoms with Crippen molar-refractivity contribution in [2.45, 2.75) is 64.1 Å². The molecule has 5 nitrogen and oxygen atoms in total. The number of carbonyl (C=O) groups excluding carboxylic acids is 1. The van der Waals surface area contributed by atoms with E-state index in [2.05, 4.69) is 36.1 Å². The zero-order valence-corrected chi connectivity index (χ0v) is 15.0. The monoisotopic (exact) mass is 337 g/mol. The largest absolute Gasteiger partial charge is 0.352 e. The number of aromatic amines is 1. The Balaban J connectivity index is 1.88. The summed E-state index contributed by atoms with van der Waals surface area (Å²) in [7, 11) is 0. The predicted octanol–water partition coefficient (Wildman–Crippen LogP) is 2.76. The van der Waals surface area contributed by atoms with Crippen molar-refractivity contribution in [3.8, 4) is 0 Å². The third-order valence-electron chi connectivity index (χ3n) is 4.67. The molecule has 1 aliphatic carbocycles. The van der Waals surface area contributed by atoms with Crippen molar-refractivity contribution in [2.24, 2.45) is 11.8 Å². The molecular weight excluding hydrogens is 310 g/mol. The van der Waals surface area contributed by atoms with Gasteiger partial charge in [-0.15, -0.1) is 0 Å². The van der Waals surface area contributed by atoms with Crippen molar-refractivity contribution in [2.75, 3.05) is 5.75 Å². The second-order valence-electron chi connectivity index (χ2n) is 6.52. The number of aromatic nitrogens is 2. The molecule has 0 aliphatic heterocycles. The first-order valence-corrected chi connectivity index (χ1v) is 9.50. The van der Waals surface area contributed by atoms with Crippen LogP contribution in [0, 0.1) is 11.8 Å². The van der Waals surface area contributed by atoms with Crippen LogP contribution in [0.1, 0.15) is 52.1 Å². The van der Waals surface area contributed by atoms with E-state index < -0.39 is 0 Å². The average Bonchev–Trinajstić information content (AvgIpc) is 2.50. The lowest BCUT2D eigenvalue weighted by molar-refractivity contribution is -0.120. The fourth-order valence-electron chi connectivity index (χ4n) is 3.10. The molecule has 0 bridgehead atoms. The van der Waals surface area contributed by atoms with Crippen LogP contribution in [0.3, 0.4) is 0 Å². The Hall–Kier alpha value is -1.30. The number of nitrogens with zero attached hydrogens (tertiary/aromatic N) is 1. The van der Waals surface area contributed by atoms with Crippen LogP contribution < -0.4 is 10.9 Å². The van der Waals surface area contributed by atoms with Crippen molar-refractivity contribution in [3.63, 3.8) is 0 Å². The van der Waals surface area contributed by atoms with E-state index in [-0.39, 0.29) is 23.3 Å². The Morgan fingerprint density at radius 2 is 2.22 bits per heavy atom. The second kappa shape index (κ2) is 8.52. The number of H-pyrrole nitrogens is 1. The number of amides is 1. The molecule has 2 rings (SSSR count). The lowest BCUT2D eigenvalue weighted by Gasteiger charge is -2.34. The molecule has 1 fully saturated rings. The maximum absolute atomic E-state index is 12.2. The van der Waals surface area contributed by atoms with E-state index >= 15 is 0 Å². The number of hydrogen-bond donors (Lipinski definition) is 2. The summed E-state index contributed by atoms with van der Waals surface area (Å²) in [4.78, 5) is 30.9. The van der Waals surface area contributed by atoms with E-state index in [4.69, 9.17) is 0 Å². The van der Waals surface area contributed by atoms with Crippen LogP contribution in [0.5, 0.6) is 0 Å². The van der Waals surface area contributed by atoms with Gasteiger partial charge in [-0.25, -0.2) is 4.98 Å². The maximum Gasteiger partial charge on any atom is 0.251 e. The molecule has 3 unspecified atom stereocenters. The molecule has 1 heterocycles. The van der Waals surface area contributed by atoms with Gasteiger partial charge in [0.1, 0.15) is 0 Å². The van der Waals surface area contributed by atoms with E-state index in [1.165, 1.54) is 30.7 Å². The molecule has 2 N–H and O–H groups in total. The molecule has 6 heteroatoms. The first kappa shape index (κ1) is 18.0.